The summed E-state index contributed by atoms with van der Waals surface area (Å²) in [6.07, 6.45) is -5.68. The van der Waals surface area contributed by atoms with Crippen LogP contribution >= 0.6 is 23.2 Å². The van der Waals surface area contributed by atoms with E-state index in [0.29, 0.717) is 5.02 Å². The third kappa shape index (κ3) is 9.45. The summed E-state index contributed by atoms with van der Waals surface area (Å²) >= 11 is 11.8. The summed E-state index contributed by atoms with van der Waals surface area (Å²) in [6, 6.07) is 4.31. The number of hydrogen-bond donors (Lipinski definition) is 0. The molecule has 5 atom stereocenters. The topological polar surface area (TPSA) is 150 Å². The van der Waals surface area contributed by atoms with E-state index in [0.717, 1.165) is 27.7 Å². The molecular formula is C23H22Cl2O12. The van der Waals surface area contributed by atoms with E-state index in [1.165, 1.54) is 18.2 Å². The van der Waals surface area contributed by atoms with Gasteiger partial charge in [0.1, 0.15) is 11.9 Å². The molecule has 0 N–H and O–H groups in total. The minimum Gasteiger partial charge on any atom is -0.480 e. The second kappa shape index (κ2) is 13.7. The molecule has 1 saturated heterocycles. The molecule has 14 heteroatoms. The Morgan fingerprint density at radius 1 is 0.838 bits per heavy atom. The first-order chi connectivity index (χ1) is 17.4. The molecule has 1 aliphatic heterocycles. The Morgan fingerprint density at radius 2 is 1.43 bits per heavy atom. The Labute approximate surface area is 221 Å². The zero-order valence-corrected chi connectivity index (χ0v) is 21.5. The van der Waals surface area contributed by atoms with Crippen molar-refractivity contribution < 1.29 is 57.1 Å². The van der Waals surface area contributed by atoms with Gasteiger partial charge in [-0.3, -0.25) is 19.2 Å². The lowest BCUT2D eigenvalue weighted by Gasteiger charge is -2.42. The number of ether oxygens (including phenoxy) is 7. The van der Waals surface area contributed by atoms with Gasteiger partial charge in [-0.15, -0.1) is 0 Å². The SMILES string of the molecule is CC(=O)OC#CC1O[C@H](OC(=O)COc2ccc(Cl)cc2Cl)[C@H](OC(C)=O)[C@@H](OC(C)=O)[C@@H]1OC(C)=O. The molecule has 1 unspecified atom stereocenters. The van der Waals surface area contributed by atoms with Crippen LogP contribution in [0.15, 0.2) is 18.2 Å². The fourth-order valence-corrected chi connectivity index (χ4v) is 3.50. The van der Waals surface area contributed by atoms with E-state index >= 15 is 0 Å². The van der Waals surface area contributed by atoms with Crippen molar-refractivity contribution in [2.75, 3.05) is 6.61 Å². The average molecular weight is 561 g/mol. The summed E-state index contributed by atoms with van der Waals surface area (Å²) in [5.41, 5.74) is 0. The number of rotatable bonds is 7. The zero-order chi connectivity index (χ0) is 27.7. The Morgan fingerprint density at radius 3 is 2.00 bits per heavy atom. The first kappa shape index (κ1) is 29.7. The molecule has 1 heterocycles. The minimum atomic E-state index is -1.71. The normalized spacial score (nSPS) is 22.4. The smallest absolute Gasteiger partial charge is 0.346 e. The maximum atomic E-state index is 12.6. The van der Waals surface area contributed by atoms with Crippen LogP contribution in [0, 0.1) is 12.0 Å². The molecule has 0 spiro atoms. The molecule has 1 aromatic carbocycles. The van der Waals surface area contributed by atoms with Crippen LogP contribution in [0.1, 0.15) is 27.7 Å². The van der Waals surface area contributed by atoms with E-state index < -0.39 is 67.2 Å². The number of halogens is 2. The van der Waals surface area contributed by atoms with Gasteiger partial charge in [-0.2, -0.15) is 0 Å². The van der Waals surface area contributed by atoms with Crippen LogP contribution < -0.4 is 4.74 Å². The number of hydrogen-bond acceptors (Lipinski definition) is 12. The van der Waals surface area contributed by atoms with Gasteiger partial charge in [0.2, 0.25) is 12.4 Å². The second-order valence-corrected chi connectivity index (χ2v) is 8.18. The van der Waals surface area contributed by atoms with Gasteiger partial charge in [-0.05, 0) is 24.1 Å². The summed E-state index contributed by atoms with van der Waals surface area (Å²) in [4.78, 5) is 59.0. The zero-order valence-electron chi connectivity index (χ0n) is 20.0. The van der Waals surface area contributed by atoms with Crippen LogP contribution in [0.3, 0.4) is 0 Å². The lowest BCUT2D eigenvalue weighted by molar-refractivity contribution is -0.287. The van der Waals surface area contributed by atoms with E-state index in [9.17, 15) is 24.0 Å². The van der Waals surface area contributed by atoms with Gasteiger partial charge in [-0.1, -0.05) is 23.2 Å². The Balaban J connectivity index is 2.34. The van der Waals surface area contributed by atoms with E-state index in [1.54, 1.807) is 0 Å². The second-order valence-electron chi connectivity index (χ2n) is 7.34. The predicted octanol–water partition coefficient (Wildman–Crippen LogP) is 1.96. The molecule has 0 radical (unpaired) electrons. The van der Waals surface area contributed by atoms with Crippen molar-refractivity contribution in [2.45, 2.75) is 58.4 Å². The van der Waals surface area contributed by atoms with E-state index in [2.05, 4.69) is 16.8 Å². The maximum absolute atomic E-state index is 12.6. The molecule has 0 amide bonds. The number of esters is 5. The van der Waals surface area contributed by atoms with E-state index in [-0.39, 0.29) is 10.8 Å². The highest BCUT2D eigenvalue weighted by Crippen LogP contribution is 2.30. The Hall–Kier alpha value is -3.53. The van der Waals surface area contributed by atoms with Gasteiger partial charge in [0.05, 0.1) is 5.02 Å². The molecule has 37 heavy (non-hydrogen) atoms. The fourth-order valence-electron chi connectivity index (χ4n) is 3.04. The van der Waals surface area contributed by atoms with Crippen LogP contribution in [-0.2, 0) is 52.4 Å². The molecular weight excluding hydrogens is 539 g/mol. The molecule has 0 saturated carbocycles. The van der Waals surface area contributed by atoms with Crippen molar-refractivity contribution in [2.24, 2.45) is 0 Å². The summed E-state index contributed by atoms with van der Waals surface area (Å²) in [5, 5.41) is 0.478. The van der Waals surface area contributed by atoms with E-state index in [4.69, 9.17) is 51.6 Å². The lowest BCUT2D eigenvalue weighted by atomic mass is 9.98. The monoisotopic (exact) mass is 560 g/mol. The molecule has 0 bridgehead atoms. The van der Waals surface area contributed by atoms with Gasteiger partial charge in [0.25, 0.3) is 0 Å². The summed E-state index contributed by atoms with van der Waals surface area (Å²) in [5.74, 6) is -1.78. The molecule has 1 aromatic rings. The van der Waals surface area contributed by atoms with Gasteiger partial charge >= 0.3 is 29.8 Å². The van der Waals surface area contributed by atoms with Gasteiger partial charge in [0, 0.05) is 32.7 Å². The van der Waals surface area contributed by atoms with Crippen molar-refractivity contribution in [3.05, 3.63) is 28.2 Å². The standard InChI is InChI=1S/C23H22Cl2O12/c1-11(26)31-8-7-18-20(33-12(2)27)21(34-13(3)28)22(35-14(4)29)23(36-18)37-19(30)10-32-17-6-5-15(24)9-16(17)25/h5-6,9,18,20-23H,10H2,1-4H3/t18?,20-,21+,22-,23-/m1/s1. The first-order valence-corrected chi connectivity index (χ1v) is 11.2. The molecule has 1 aliphatic rings. The van der Waals surface area contributed by atoms with E-state index in [1.807, 2.05) is 0 Å². The number of benzene rings is 1. The molecule has 200 valence electrons. The lowest BCUT2D eigenvalue weighted by Crippen LogP contribution is -2.62. The third-order valence-corrected chi connectivity index (χ3v) is 4.81. The van der Waals surface area contributed by atoms with Crippen molar-refractivity contribution in [3.63, 3.8) is 0 Å². The quantitative estimate of drug-likeness (QED) is 0.272. The number of carbonyl (C=O) groups excluding carboxylic acids is 5. The molecule has 1 fully saturated rings. The van der Waals surface area contributed by atoms with Crippen molar-refractivity contribution >= 4 is 53.0 Å². The van der Waals surface area contributed by atoms with Crippen molar-refractivity contribution in [1.82, 2.24) is 0 Å². The first-order valence-electron chi connectivity index (χ1n) is 10.5. The highest BCUT2D eigenvalue weighted by molar-refractivity contribution is 6.35. The average Bonchev–Trinajstić information content (AvgIpc) is 2.76. The maximum Gasteiger partial charge on any atom is 0.346 e. The highest BCUT2D eigenvalue weighted by Gasteiger charge is 2.53. The highest BCUT2D eigenvalue weighted by atomic mass is 35.5. The van der Waals surface area contributed by atoms with Crippen molar-refractivity contribution in [3.8, 4) is 17.8 Å². The minimum absolute atomic E-state index is 0.127. The number of carbonyl (C=O) groups is 5. The van der Waals surface area contributed by atoms with Crippen LogP contribution in [-0.4, -0.2) is 67.2 Å². The Bertz CT molecular complexity index is 1110. The fraction of sp³-hybridized carbons (Fsp3) is 0.435. The van der Waals surface area contributed by atoms with Crippen LogP contribution in [0.25, 0.3) is 0 Å². The van der Waals surface area contributed by atoms with Gasteiger partial charge in [-0.25, -0.2) is 4.79 Å². The van der Waals surface area contributed by atoms with Crippen molar-refractivity contribution in [1.29, 1.82) is 0 Å². The summed E-state index contributed by atoms with van der Waals surface area (Å²) < 4.78 is 36.4. The summed E-state index contributed by atoms with van der Waals surface area (Å²) in [6.45, 7) is 3.59. The largest absolute Gasteiger partial charge is 0.480 e. The Kier molecular flexibility index (Phi) is 11.0. The molecule has 2 rings (SSSR count). The van der Waals surface area contributed by atoms with Gasteiger partial charge < -0.3 is 33.2 Å². The summed E-state index contributed by atoms with van der Waals surface area (Å²) in [7, 11) is 0. The molecule has 0 aliphatic carbocycles. The van der Waals surface area contributed by atoms with Gasteiger partial charge in [0.15, 0.2) is 24.9 Å². The third-order valence-electron chi connectivity index (χ3n) is 4.28. The predicted molar refractivity (Wildman–Crippen MR) is 123 cm³/mol. The van der Waals surface area contributed by atoms with Crippen LogP contribution in [0.2, 0.25) is 10.0 Å². The van der Waals surface area contributed by atoms with Crippen LogP contribution in [0.4, 0.5) is 0 Å². The molecule has 0 aromatic heterocycles. The molecule has 12 nitrogen and oxygen atoms in total. The van der Waals surface area contributed by atoms with Crippen LogP contribution in [0.5, 0.6) is 5.75 Å².